The number of hydrogen-bond donors (Lipinski definition) is 0. The Morgan fingerprint density at radius 3 is 2.56 bits per heavy atom. The number of halogens is 1. The number of thiazole rings is 1. The van der Waals surface area contributed by atoms with Crippen molar-refractivity contribution in [1.82, 2.24) is 4.98 Å². The molecule has 0 aliphatic rings. The Kier molecular flexibility index (Phi) is 5.68. The molecule has 4 nitrogen and oxygen atoms in total. The van der Waals surface area contributed by atoms with E-state index in [1.165, 1.54) is 11.3 Å². The number of aromatic nitrogens is 1. The van der Waals surface area contributed by atoms with Gasteiger partial charge in [0.2, 0.25) is 0 Å². The predicted molar refractivity (Wildman–Crippen MR) is 99.5 cm³/mol. The summed E-state index contributed by atoms with van der Waals surface area (Å²) in [7, 11) is 0. The van der Waals surface area contributed by atoms with Gasteiger partial charge in [-0.2, -0.15) is 0 Å². The standard InChI is InChI=1S/C19H16ClNO3S/c1-13-17(25-18(21-13)14-7-3-2-4-8-14)19(22)24-12-11-23-16-10-6-5-9-15(16)20/h2-10H,11-12H2,1H3. The minimum Gasteiger partial charge on any atom is -0.488 e. The first-order valence-electron chi connectivity index (χ1n) is 7.72. The molecule has 25 heavy (non-hydrogen) atoms. The van der Waals surface area contributed by atoms with E-state index in [4.69, 9.17) is 21.1 Å². The molecule has 0 radical (unpaired) electrons. The van der Waals surface area contributed by atoms with E-state index in [0.29, 0.717) is 21.3 Å². The van der Waals surface area contributed by atoms with Crippen LogP contribution in [0.3, 0.4) is 0 Å². The van der Waals surface area contributed by atoms with Crippen LogP contribution in [0.15, 0.2) is 54.6 Å². The summed E-state index contributed by atoms with van der Waals surface area (Å²) >= 11 is 7.33. The lowest BCUT2D eigenvalue weighted by molar-refractivity contribution is 0.0455. The highest BCUT2D eigenvalue weighted by atomic mass is 35.5. The number of nitrogens with zero attached hydrogens (tertiary/aromatic N) is 1. The average molecular weight is 374 g/mol. The summed E-state index contributed by atoms with van der Waals surface area (Å²) in [6.45, 7) is 2.18. The first kappa shape index (κ1) is 17.5. The molecule has 0 fully saturated rings. The van der Waals surface area contributed by atoms with Crippen LogP contribution in [0, 0.1) is 6.92 Å². The van der Waals surface area contributed by atoms with Crippen molar-refractivity contribution in [1.29, 1.82) is 0 Å². The van der Waals surface area contributed by atoms with Crippen LogP contribution in [0.2, 0.25) is 5.02 Å². The van der Waals surface area contributed by atoms with Crippen LogP contribution < -0.4 is 4.74 Å². The zero-order valence-corrected chi connectivity index (χ0v) is 15.1. The second-order valence-corrected chi connectivity index (χ2v) is 6.62. The van der Waals surface area contributed by atoms with E-state index in [1.807, 2.05) is 42.5 Å². The van der Waals surface area contributed by atoms with Crippen LogP contribution in [0.4, 0.5) is 0 Å². The minimum atomic E-state index is -0.389. The van der Waals surface area contributed by atoms with E-state index in [0.717, 1.165) is 10.6 Å². The highest BCUT2D eigenvalue weighted by molar-refractivity contribution is 7.17. The third-order valence-electron chi connectivity index (χ3n) is 3.41. The monoisotopic (exact) mass is 373 g/mol. The fourth-order valence-electron chi connectivity index (χ4n) is 2.20. The van der Waals surface area contributed by atoms with Crippen LogP contribution in [-0.2, 0) is 4.74 Å². The lowest BCUT2D eigenvalue weighted by atomic mass is 10.2. The SMILES string of the molecule is Cc1nc(-c2ccccc2)sc1C(=O)OCCOc1ccccc1Cl. The lowest BCUT2D eigenvalue weighted by Gasteiger charge is -2.08. The fourth-order valence-corrected chi connectivity index (χ4v) is 3.36. The molecule has 0 aliphatic carbocycles. The maximum absolute atomic E-state index is 12.3. The van der Waals surface area contributed by atoms with Gasteiger partial charge >= 0.3 is 5.97 Å². The third kappa shape index (κ3) is 4.38. The van der Waals surface area contributed by atoms with Gasteiger partial charge in [-0.3, -0.25) is 0 Å². The second-order valence-electron chi connectivity index (χ2n) is 5.21. The number of aryl methyl sites for hydroxylation is 1. The summed E-state index contributed by atoms with van der Waals surface area (Å²) in [5.74, 6) is 0.181. The van der Waals surface area contributed by atoms with Gasteiger partial charge in [0.05, 0.1) is 10.7 Å². The van der Waals surface area contributed by atoms with Gasteiger partial charge in [-0.25, -0.2) is 9.78 Å². The maximum atomic E-state index is 12.3. The van der Waals surface area contributed by atoms with Crippen LogP contribution in [-0.4, -0.2) is 24.2 Å². The number of carbonyl (C=O) groups is 1. The highest BCUT2D eigenvalue weighted by Gasteiger charge is 2.17. The number of para-hydroxylation sites is 1. The van der Waals surface area contributed by atoms with Gasteiger partial charge in [0.15, 0.2) is 0 Å². The Balaban J connectivity index is 1.57. The van der Waals surface area contributed by atoms with E-state index in [1.54, 1.807) is 19.1 Å². The van der Waals surface area contributed by atoms with Crippen molar-refractivity contribution in [2.45, 2.75) is 6.92 Å². The van der Waals surface area contributed by atoms with Crippen molar-refractivity contribution < 1.29 is 14.3 Å². The molecule has 0 unspecified atom stereocenters. The summed E-state index contributed by atoms with van der Waals surface area (Å²) in [5, 5.41) is 1.33. The van der Waals surface area contributed by atoms with Crippen molar-refractivity contribution >= 4 is 28.9 Å². The molecule has 2 aromatic carbocycles. The molecule has 3 aromatic rings. The molecule has 0 saturated carbocycles. The highest BCUT2D eigenvalue weighted by Crippen LogP contribution is 2.28. The molecule has 0 amide bonds. The van der Waals surface area contributed by atoms with Crippen molar-refractivity contribution in [3.8, 4) is 16.3 Å². The molecule has 0 N–H and O–H groups in total. The van der Waals surface area contributed by atoms with E-state index in [2.05, 4.69) is 4.98 Å². The fraction of sp³-hybridized carbons (Fsp3) is 0.158. The van der Waals surface area contributed by atoms with Crippen molar-refractivity contribution in [2.24, 2.45) is 0 Å². The van der Waals surface area contributed by atoms with Gasteiger partial charge < -0.3 is 9.47 Å². The number of ether oxygens (including phenoxy) is 2. The number of benzene rings is 2. The first-order chi connectivity index (χ1) is 12.1. The van der Waals surface area contributed by atoms with Gasteiger partial charge in [0.1, 0.15) is 28.8 Å². The summed E-state index contributed by atoms with van der Waals surface area (Å²) in [4.78, 5) is 17.2. The van der Waals surface area contributed by atoms with Crippen LogP contribution in [0.25, 0.3) is 10.6 Å². The minimum absolute atomic E-state index is 0.141. The predicted octanol–water partition coefficient (Wildman–Crippen LogP) is 5.01. The number of esters is 1. The first-order valence-corrected chi connectivity index (χ1v) is 8.92. The zero-order valence-electron chi connectivity index (χ0n) is 13.6. The van der Waals surface area contributed by atoms with E-state index in [9.17, 15) is 4.79 Å². The second kappa shape index (κ2) is 8.14. The summed E-state index contributed by atoms with van der Waals surface area (Å²) in [5.41, 5.74) is 1.65. The normalized spacial score (nSPS) is 10.5. The Hall–Kier alpha value is -2.37. The molecule has 0 saturated heterocycles. The van der Waals surface area contributed by atoms with E-state index >= 15 is 0 Å². The average Bonchev–Trinajstić information content (AvgIpc) is 3.02. The molecule has 0 atom stereocenters. The third-order valence-corrected chi connectivity index (χ3v) is 4.91. The molecule has 0 aliphatic heterocycles. The molecule has 1 aromatic heterocycles. The summed E-state index contributed by atoms with van der Waals surface area (Å²) in [6.07, 6.45) is 0. The molecule has 0 bridgehead atoms. The van der Waals surface area contributed by atoms with Crippen molar-refractivity contribution in [3.63, 3.8) is 0 Å². The molecule has 6 heteroatoms. The number of rotatable bonds is 6. The zero-order chi connectivity index (χ0) is 17.6. The number of hydrogen-bond acceptors (Lipinski definition) is 5. The van der Waals surface area contributed by atoms with Crippen LogP contribution in [0.1, 0.15) is 15.4 Å². The maximum Gasteiger partial charge on any atom is 0.350 e. The smallest absolute Gasteiger partial charge is 0.350 e. The number of carbonyl (C=O) groups excluding carboxylic acids is 1. The Morgan fingerprint density at radius 1 is 1.08 bits per heavy atom. The van der Waals surface area contributed by atoms with Gasteiger partial charge in [0, 0.05) is 5.56 Å². The lowest BCUT2D eigenvalue weighted by Crippen LogP contribution is -2.12. The molecular weight excluding hydrogens is 358 g/mol. The summed E-state index contributed by atoms with van der Waals surface area (Å²) in [6, 6.07) is 16.9. The molecule has 1 heterocycles. The molecule has 128 valence electrons. The Bertz CT molecular complexity index is 864. The van der Waals surface area contributed by atoms with Gasteiger partial charge in [0.25, 0.3) is 0 Å². The largest absolute Gasteiger partial charge is 0.488 e. The van der Waals surface area contributed by atoms with E-state index < -0.39 is 0 Å². The topological polar surface area (TPSA) is 48.4 Å². The van der Waals surface area contributed by atoms with Crippen molar-refractivity contribution in [2.75, 3.05) is 13.2 Å². The molecule has 3 rings (SSSR count). The quantitative estimate of drug-likeness (QED) is 0.450. The van der Waals surface area contributed by atoms with E-state index in [-0.39, 0.29) is 19.2 Å². The van der Waals surface area contributed by atoms with Crippen LogP contribution >= 0.6 is 22.9 Å². The molecule has 0 spiro atoms. The summed E-state index contributed by atoms with van der Waals surface area (Å²) < 4.78 is 10.8. The van der Waals surface area contributed by atoms with Gasteiger partial charge in [-0.15, -0.1) is 11.3 Å². The van der Waals surface area contributed by atoms with Crippen molar-refractivity contribution in [3.05, 3.63) is 70.2 Å². The molecular formula is C19H16ClNO3S. The van der Waals surface area contributed by atoms with Crippen LogP contribution in [0.5, 0.6) is 5.75 Å². The van der Waals surface area contributed by atoms with Gasteiger partial charge in [-0.1, -0.05) is 54.1 Å². The Labute approximate surface area is 155 Å². The van der Waals surface area contributed by atoms with Gasteiger partial charge in [-0.05, 0) is 19.1 Å². The Morgan fingerprint density at radius 2 is 1.80 bits per heavy atom.